The Morgan fingerprint density at radius 2 is 1.47 bits per heavy atom. The lowest BCUT2D eigenvalue weighted by Gasteiger charge is -2.40. The molecule has 1 fully saturated rings. The standard InChI is InChI=1S/C27H29ClN2O2/c1-2-25(32-24-15-9-14-23(28)20-24)27(31)30-18-16-29(17-19-30)26(21-10-5-3-6-11-21)22-12-7-4-8-13-22/h3-15,20,25-26H,2,16-19H2,1H3. The van der Waals surface area contributed by atoms with Gasteiger partial charge in [0.25, 0.3) is 5.91 Å². The third-order valence-corrected chi connectivity index (χ3v) is 6.18. The Bertz CT molecular complexity index is 965. The van der Waals surface area contributed by atoms with Gasteiger partial charge in [0, 0.05) is 31.2 Å². The van der Waals surface area contributed by atoms with E-state index >= 15 is 0 Å². The van der Waals surface area contributed by atoms with Gasteiger partial charge in [0.05, 0.1) is 6.04 Å². The fraction of sp³-hybridized carbons (Fsp3) is 0.296. The van der Waals surface area contributed by atoms with E-state index in [0.29, 0.717) is 30.3 Å². The molecule has 0 radical (unpaired) electrons. The normalized spacial score (nSPS) is 15.5. The largest absolute Gasteiger partial charge is 0.481 e. The molecule has 0 aromatic heterocycles. The Morgan fingerprint density at radius 1 is 0.875 bits per heavy atom. The number of carbonyl (C=O) groups is 1. The second-order valence-electron chi connectivity index (χ2n) is 8.06. The van der Waals surface area contributed by atoms with Gasteiger partial charge in [-0.25, -0.2) is 0 Å². The van der Waals surface area contributed by atoms with Gasteiger partial charge in [0.15, 0.2) is 6.10 Å². The highest BCUT2D eigenvalue weighted by molar-refractivity contribution is 6.30. The number of hydrogen-bond donors (Lipinski definition) is 0. The molecule has 3 aromatic carbocycles. The Labute approximate surface area is 195 Å². The van der Waals surface area contributed by atoms with Crippen molar-refractivity contribution in [3.63, 3.8) is 0 Å². The molecule has 0 spiro atoms. The first-order valence-electron chi connectivity index (χ1n) is 11.2. The number of rotatable bonds is 7. The van der Waals surface area contributed by atoms with Crippen molar-refractivity contribution in [2.45, 2.75) is 25.5 Å². The highest BCUT2D eigenvalue weighted by Crippen LogP contribution is 2.29. The number of piperazine rings is 1. The van der Waals surface area contributed by atoms with Crippen molar-refractivity contribution in [1.82, 2.24) is 9.80 Å². The zero-order valence-corrected chi connectivity index (χ0v) is 19.1. The molecular formula is C27H29ClN2O2. The second kappa shape index (κ2) is 10.7. The van der Waals surface area contributed by atoms with Crippen LogP contribution in [0.15, 0.2) is 84.9 Å². The molecule has 1 saturated heterocycles. The third-order valence-electron chi connectivity index (χ3n) is 5.94. The molecule has 1 heterocycles. The Kier molecular flexibility index (Phi) is 7.46. The van der Waals surface area contributed by atoms with E-state index in [1.807, 2.05) is 36.1 Å². The lowest BCUT2D eigenvalue weighted by atomic mass is 9.96. The average molecular weight is 449 g/mol. The van der Waals surface area contributed by atoms with Gasteiger partial charge in [-0.15, -0.1) is 0 Å². The van der Waals surface area contributed by atoms with Crippen molar-refractivity contribution in [3.05, 3.63) is 101 Å². The maximum Gasteiger partial charge on any atom is 0.263 e. The lowest BCUT2D eigenvalue weighted by Crippen LogP contribution is -2.53. The summed E-state index contributed by atoms with van der Waals surface area (Å²) in [4.78, 5) is 17.6. The van der Waals surface area contributed by atoms with E-state index in [1.165, 1.54) is 11.1 Å². The van der Waals surface area contributed by atoms with Crippen LogP contribution in [-0.2, 0) is 4.79 Å². The minimum atomic E-state index is -0.501. The van der Waals surface area contributed by atoms with Gasteiger partial charge in [-0.3, -0.25) is 9.69 Å². The molecule has 1 unspecified atom stereocenters. The second-order valence-corrected chi connectivity index (χ2v) is 8.49. The predicted molar refractivity (Wildman–Crippen MR) is 129 cm³/mol. The van der Waals surface area contributed by atoms with Gasteiger partial charge in [-0.2, -0.15) is 0 Å². The Hall–Kier alpha value is -2.82. The summed E-state index contributed by atoms with van der Waals surface area (Å²) in [6.07, 6.45) is 0.112. The molecule has 1 aliphatic rings. The molecule has 5 heteroatoms. The smallest absolute Gasteiger partial charge is 0.263 e. The Morgan fingerprint density at radius 3 is 2.00 bits per heavy atom. The summed E-state index contributed by atoms with van der Waals surface area (Å²) in [6.45, 7) is 4.97. The molecule has 166 valence electrons. The molecule has 3 aromatic rings. The van der Waals surface area contributed by atoms with Crippen molar-refractivity contribution in [1.29, 1.82) is 0 Å². The van der Waals surface area contributed by atoms with E-state index < -0.39 is 6.10 Å². The van der Waals surface area contributed by atoms with E-state index in [2.05, 4.69) is 53.4 Å². The van der Waals surface area contributed by atoms with Crippen LogP contribution in [0.1, 0.15) is 30.5 Å². The number of benzene rings is 3. The lowest BCUT2D eigenvalue weighted by molar-refractivity contribution is -0.140. The van der Waals surface area contributed by atoms with Gasteiger partial charge in [-0.05, 0) is 35.7 Å². The number of amides is 1. The molecule has 0 N–H and O–H groups in total. The van der Waals surface area contributed by atoms with Crippen LogP contribution < -0.4 is 4.74 Å². The summed E-state index contributed by atoms with van der Waals surface area (Å²) in [5.41, 5.74) is 2.54. The highest BCUT2D eigenvalue weighted by atomic mass is 35.5. The van der Waals surface area contributed by atoms with E-state index in [4.69, 9.17) is 16.3 Å². The quantitative estimate of drug-likeness (QED) is 0.483. The highest BCUT2D eigenvalue weighted by Gasteiger charge is 2.31. The van der Waals surface area contributed by atoms with Gasteiger partial charge in [0.2, 0.25) is 0 Å². The SMILES string of the molecule is CCC(Oc1cccc(Cl)c1)C(=O)N1CCN(C(c2ccccc2)c2ccccc2)CC1. The molecule has 32 heavy (non-hydrogen) atoms. The van der Waals surface area contributed by atoms with Crippen molar-refractivity contribution in [3.8, 4) is 5.75 Å². The minimum absolute atomic E-state index is 0.0445. The van der Waals surface area contributed by atoms with Crippen molar-refractivity contribution in [2.24, 2.45) is 0 Å². The molecule has 1 amide bonds. The minimum Gasteiger partial charge on any atom is -0.481 e. The summed E-state index contributed by atoms with van der Waals surface area (Å²) in [5.74, 6) is 0.674. The third kappa shape index (κ3) is 5.32. The first-order chi connectivity index (χ1) is 15.7. The molecular weight excluding hydrogens is 420 g/mol. The summed E-state index contributed by atoms with van der Waals surface area (Å²) < 4.78 is 5.98. The zero-order valence-electron chi connectivity index (χ0n) is 18.4. The van der Waals surface area contributed by atoms with Crippen LogP contribution in [0.25, 0.3) is 0 Å². The number of carbonyl (C=O) groups excluding carboxylic acids is 1. The Balaban J connectivity index is 1.44. The summed E-state index contributed by atoms with van der Waals surface area (Å²) in [7, 11) is 0. The fourth-order valence-corrected chi connectivity index (χ4v) is 4.48. The maximum absolute atomic E-state index is 13.2. The van der Waals surface area contributed by atoms with Crippen molar-refractivity contribution in [2.75, 3.05) is 26.2 Å². The molecule has 1 atom stereocenters. The van der Waals surface area contributed by atoms with Crippen molar-refractivity contribution >= 4 is 17.5 Å². The van der Waals surface area contributed by atoms with Gasteiger partial charge in [-0.1, -0.05) is 85.3 Å². The molecule has 1 aliphatic heterocycles. The van der Waals surface area contributed by atoms with Crippen LogP contribution in [0.3, 0.4) is 0 Å². The molecule has 0 bridgehead atoms. The average Bonchev–Trinajstić information content (AvgIpc) is 2.84. The van der Waals surface area contributed by atoms with Gasteiger partial charge < -0.3 is 9.64 Å². The zero-order chi connectivity index (χ0) is 22.3. The van der Waals surface area contributed by atoms with Gasteiger partial charge in [0.1, 0.15) is 5.75 Å². The number of halogens is 1. The van der Waals surface area contributed by atoms with Crippen LogP contribution in [-0.4, -0.2) is 48.0 Å². The summed E-state index contributed by atoms with van der Waals surface area (Å²) >= 11 is 6.07. The monoisotopic (exact) mass is 448 g/mol. The van der Waals surface area contributed by atoms with E-state index in [1.54, 1.807) is 12.1 Å². The first-order valence-corrected chi connectivity index (χ1v) is 11.6. The number of ether oxygens (including phenoxy) is 1. The van der Waals surface area contributed by atoms with Crippen LogP contribution >= 0.6 is 11.6 Å². The first kappa shape index (κ1) is 22.4. The van der Waals surface area contributed by atoms with Crippen LogP contribution in [0, 0.1) is 0 Å². The van der Waals surface area contributed by atoms with Crippen LogP contribution in [0.2, 0.25) is 5.02 Å². The van der Waals surface area contributed by atoms with E-state index in [0.717, 1.165) is 13.1 Å². The molecule has 4 rings (SSSR count). The maximum atomic E-state index is 13.2. The van der Waals surface area contributed by atoms with Crippen LogP contribution in [0.5, 0.6) is 5.75 Å². The topological polar surface area (TPSA) is 32.8 Å². The summed E-state index contributed by atoms with van der Waals surface area (Å²) in [5, 5.41) is 0.603. The molecule has 0 aliphatic carbocycles. The van der Waals surface area contributed by atoms with Gasteiger partial charge >= 0.3 is 0 Å². The van der Waals surface area contributed by atoms with E-state index in [-0.39, 0.29) is 11.9 Å². The van der Waals surface area contributed by atoms with E-state index in [9.17, 15) is 4.79 Å². The van der Waals surface area contributed by atoms with Crippen LogP contribution in [0.4, 0.5) is 0 Å². The number of hydrogen-bond acceptors (Lipinski definition) is 3. The van der Waals surface area contributed by atoms with Crippen molar-refractivity contribution < 1.29 is 9.53 Å². The summed E-state index contributed by atoms with van der Waals surface area (Å²) in [6, 6.07) is 28.6. The molecule has 0 saturated carbocycles. The predicted octanol–water partition coefficient (Wildman–Crippen LogP) is 5.43. The fourth-order valence-electron chi connectivity index (χ4n) is 4.30. The number of nitrogens with zero attached hydrogens (tertiary/aromatic N) is 2. The molecule has 4 nitrogen and oxygen atoms in total.